The summed E-state index contributed by atoms with van der Waals surface area (Å²) in [6.07, 6.45) is 4.88. The fourth-order valence-electron chi connectivity index (χ4n) is 2.58. The Balaban J connectivity index is 1.57. The molecule has 0 radical (unpaired) electrons. The van der Waals surface area contributed by atoms with Crippen LogP contribution >= 0.6 is 0 Å². The first-order chi connectivity index (χ1) is 7.81. The maximum absolute atomic E-state index is 4.44. The molecular formula is C12H20N4. The van der Waals surface area contributed by atoms with Gasteiger partial charge in [-0.2, -0.15) is 5.10 Å². The third kappa shape index (κ3) is 2.28. The molecule has 1 saturated carbocycles. The Morgan fingerprint density at radius 1 is 1.50 bits per heavy atom. The van der Waals surface area contributed by atoms with E-state index in [9.17, 15) is 0 Å². The topological polar surface area (TPSA) is 33.1 Å². The highest BCUT2D eigenvalue weighted by Gasteiger charge is 2.33. The summed E-state index contributed by atoms with van der Waals surface area (Å²) in [5, 5.41) is 8.08. The first kappa shape index (κ1) is 10.3. The highest BCUT2D eigenvalue weighted by atomic mass is 15.3. The van der Waals surface area contributed by atoms with Crippen LogP contribution in [0.4, 0.5) is 0 Å². The standard InChI is InChI=1S/C12H20N4/c1-15-6-4-11(14-15)8-16-7-5-13-12(9-16)10-2-3-10/h4,6,10,12-13H,2-3,5,7-9H2,1H3. The molecule has 0 spiro atoms. The number of nitrogens with one attached hydrogen (secondary N) is 1. The van der Waals surface area contributed by atoms with Gasteiger partial charge in [-0.15, -0.1) is 0 Å². The summed E-state index contributed by atoms with van der Waals surface area (Å²) < 4.78 is 1.88. The second kappa shape index (κ2) is 4.18. The number of nitrogens with zero attached hydrogens (tertiary/aromatic N) is 3. The number of hydrogen-bond donors (Lipinski definition) is 1. The van der Waals surface area contributed by atoms with E-state index in [0.717, 1.165) is 31.6 Å². The quantitative estimate of drug-likeness (QED) is 0.810. The lowest BCUT2D eigenvalue weighted by Gasteiger charge is -2.33. The Morgan fingerprint density at radius 2 is 2.38 bits per heavy atom. The van der Waals surface area contributed by atoms with Crippen molar-refractivity contribution in [1.29, 1.82) is 0 Å². The van der Waals surface area contributed by atoms with Crippen molar-refractivity contribution in [3.05, 3.63) is 18.0 Å². The molecule has 16 heavy (non-hydrogen) atoms. The summed E-state index contributed by atoms with van der Waals surface area (Å²) in [4.78, 5) is 2.53. The lowest BCUT2D eigenvalue weighted by molar-refractivity contribution is 0.179. The number of hydrogen-bond acceptors (Lipinski definition) is 3. The molecule has 1 aromatic heterocycles. The molecule has 2 heterocycles. The smallest absolute Gasteiger partial charge is 0.0764 e. The molecule has 88 valence electrons. The Morgan fingerprint density at radius 3 is 3.06 bits per heavy atom. The summed E-state index contributed by atoms with van der Waals surface area (Å²) in [5.74, 6) is 0.950. The van der Waals surface area contributed by atoms with E-state index in [4.69, 9.17) is 0 Å². The number of piperazine rings is 1. The fourth-order valence-corrected chi connectivity index (χ4v) is 2.58. The number of rotatable bonds is 3. The molecule has 2 aliphatic rings. The minimum atomic E-state index is 0.734. The largest absolute Gasteiger partial charge is 0.311 e. The van der Waals surface area contributed by atoms with Crippen LogP contribution in [0.3, 0.4) is 0 Å². The van der Waals surface area contributed by atoms with Gasteiger partial charge in [0.2, 0.25) is 0 Å². The monoisotopic (exact) mass is 220 g/mol. The molecule has 3 rings (SSSR count). The van der Waals surface area contributed by atoms with Gasteiger partial charge >= 0.3 is 0 Å². The van der Waals surface area contributed by atoms with Gasteiger partial charge in [-0.1, -0.05) is 0 Å². The molecule has 1 unspecified atom stereocenters. The molecule has 0 bridgehead atoms. The third-order valence-corrected chi connectivity index (χ3v) is 3.63. The van der Waals surface area contributed by atoms with Crippen LogP contribution in [0.15, 0.2) is 12.3 Å². The van der Waals surface area contributed by atoms with Gasteiger partial charge in [0.15, 0.2) is 0 Å². The minimum Gasteiger partial charge on any atom is -0.311 e. The number of aromatic nitrogens is 2. The molecule has 2 fully saturated rings. The predicted molar refractivity (Wildman–Crippen MR) is 63.0 cm³/mol. The minimum absolute atomic E-state index is 0.734. The average Bonchev–Trinajstić information content (AvgIpc) is 3.05. The van der Waals surface area contributed by atoms with Crippen LogP contribution in [0.25, 0.3) is 0 Å². The van der Waals surface area contributed by atoms with E-state index in [0.29, 0.717) is 0 Å². The van der Waals surface area contributed by atoms with Gasteiger partial charge in [0.1, 0.15) is 0 Å². The molecule has 4 nitrogen and oxygen atoms in total. The van der Waals surface area contributed by atoms with E-state index in [-0.39, 0.29) is 0 Å². The van der Waals surface area contributed by atoms with E-state index < -0.39 is 0 Å². The lowest BCUT2D eigenvalue weighted by atomic mass is 10.1. The van der Waals surface area contributed by atoms with Crippen molar-refractivity contribution < 1.29 is 0 Å². The Bertz CT molecular complexity index is 356. The summed E-state index contributed by atoms with van der Waals surface area (Å²) in [5.41, 5.74) is 1.19. The van der Waals surface area contributed by atoms with Crippen molar-refractivity contribution in [3.63, 3.8) is 0 Å². The van der Waals surface area contributed by atoms with E-state index >= 15 is 0 Å². The van der Waals surface area contributed by atoms with Crippen molar-refractivity contribution in [3.8, 4) is 0 Å². The zero-order valence-corrected chi connectivity index (χ0v) is 9.89. The summed E-state index contributed by atoms with van der Waals surface area (Å²) in [6.45, 7) is 4.49. The molecule has 1 aromatic rings. The van der Waals surface area contributed by atoms with E-state index in [1.54, 1.807) is 0 Å². The van der Waals surface area contributed by atoms with Gasteiger partial charge < -0.3 is 5.32 Å². The molecule has 0 aromatic carbocycles. The second-order valence-corrected chi connectivity index (χ2v) is 5.11. The second-order valence-electron chi connectivity index (χ2n) is 5.11. The Kier molecular flexibility index (Phi) is 2.69. The molecular weight excluding hydrogens is 200 g/mol. The highest BCUT2D eigenvalue weighted by Crippen LogP contribution is 2.33. The normalized spacial score (nSPS) is 27.2. The maximum atomic E-state index is 4.44. The van der Waals surface area contributed by atoms with Crippen LogP contribution in [0.1, 0.15) is 18.5 Å². The average molecular weight is 220 g/mol. The van der Waals surface area contributed by atoms with Crippen molar-refractivity contribution >= 4 is 0 Å². The van der Waals surface area contributed by atoms with Gasteiger partial charge in [-0.3, -0.25) is 9.58 Å². The summed E-state index contributed by atoms with van der Waals surface area (Å²) >= 11 is 0. The Hall–Kier alpha value is -0.870. The van der Waals surface area contributed by atoms with Gasteiger partial charge in [-0.05, 0) is 24.8 Å². The zero-order chi connectivity index (χ0) is 11.0. The van der Waals surface area contributed by atoms with Gasteiger partial charge in [0, 0.05) is 45.5 Å². The lowest BCUT2D eigenvalue weighted by Crippen LogP contribution is -2.51. The van der Waals surface area contributed by atoms with Gasteiger partial charge in [-0.25, -0.2) is 0 Å². The first-order valence-corrected chi connectivity index (χ1v) is 6.25. The molecule has 4 heteroatoms. The Labute approximate surface area is 96.6 Å². The van der Waals surface area contributed by atoms with Crippen LogP contribution in [0.2, 0.25) is 0 Å². The molecule has 1 aliphatic carbocycles. The molecule has 1 atom stereocenters. The van der Waals surface area contributed by atoms with Crippen LogP contribution in [-0.4, -0.2) is 40.4 Å². The van der Waals surface area contributed by atoms with Crippen molar-refractivity contribution in [1.82, 2.24) is 20.0 Å². The van der Waals surface area contributed by atoms with E-state index in [1.165, 1.54) is 25.1 Å². The molecule has 1 saturated heterocycles. The number of aryl methyl sites for hydroxylation is 1. The van der Waals surface area contributed by atoms with E-state index in [2.05, 4.69) is 21.4 Å². The van der Waals surface area contributed by atoms with Crippen molar-refractivity contribution in [2.75, 3.05) is 19.6 Å². The third-order valence-electron chi connectivity index (χ3n) is 3.63. The predicted octanol–water partition coefficient (Wildman–Crippen LogP) is 0.604. The van der Waals surface area contributed by atoms with Crippen LogP contribution in [0, 0.1) is 5.92 Å². The fraction of sp³-hybridized carbons (Fsp3) is 0.750. The summed E-state index contributed by atoms with van der Waals surface area (Å²) in [6, 6.07) is 2.85. The molecule has 0 amide bonds. The van der Waals surface area contributed by atoms with Crippen LogP contribution in [-0.2, 0) is 13.6 Å². The summed E-state index contributed by atoms with van der Waals surface area (Å²) in [7, 11) is 1.98. The molecule has 1 N–H and O–H groups in total. The van der Waals surface area contributed by atoms with E-state index in [1.807, 2.05) is 17.9 Å². The van der Waals surface area contributed by atoms with Crippen molar-refractivity contribution in [2.45, 2.75) is 25.4 Å². The van der Waals surface area contributed by atoms with Crippen molar-refractivity contribution in [2.24, 2.45) is 13.0 Å². The first-order valence-electron chi connectivity index (χ1n) is 6.25. The molecule has 1 aliphatic heterocycles. The van der Waals surface area contributed by atoms with Crippen LogP contribution in [0.5, 0.6) is 0 Å². The zero-order valence-electron chi connectivity index (χ0n) is 9.89. The van der Waals surface area contributed by atoms with Gasteiger partial charge in [0.05, 0.1) is 5.69 Å². The maximum Gasteiger partial charge on any atom is 0.0764 e. The SMILES string of the molecule is Cn1ccc(CN2CCNC(C3CC3)C2)n1. The van der Waals surface area contributed by atoms with Crippen LogP contribution < -0.4 is 5.32 Å². The van der Waals surface area contributed by atoms with Gasteiger partial charge in [0.25, 0.3) is 0 Å². The highest BCUT2D eigenvalue weighted by molar-refractivity contribution is 5.00.